The lowest BCUT2D eigenvalue weighted by atomic mass is 9.94. The maximum atomic E-state index is 12.6. The van der Waals surface area contributed by atoms with Crippen molar-refractivity contribution in [1.82, 2.24) is 10.2 Å². The number of benzene rings is 1. The van der Waals surface area contributed by atoms with E-state index in [4.69, 9.17) is 4.74 Å². The number of ether oxygens (including phenoxy) is 1. The highest BCUT2D eigenvalue weighted by molar-refractivity contribution is 5.85. The number of halogens is 1. The second-order valence-electron chi connectivity index (χ2n) is 5.70. The summed E-state index contributed by atoms with van der Waals surface area (Å²) in [7, 11) is 1.93. The Balaban J connectivity index is 0.00000161. The predicted molar refractivity (Wildman–Crippen MR) is 84.6 cm³/mol. The van der Waals surface area contributed by atoms with Gasteiger partial charge in [-0.3, -0.25) is 4.79 Å². The number of hydrogen-bond donors (Lipinski definition) is 1. The quantitative estimate of drug-likeness (QED) is 0.905. The van der Waals surface area contributed by atoms with Crippen LogP contribution in [0.5, 0.6) is 0 Å². The second kappa shape index (κ2) is 7.25. The molecule has 1 unspecified atom stereocenters. The van der Waals surface area contributed by atoms with Crippen LogP contribution in [0.4, 0.5) is 0 Å². The van der Waals surface area contributed by atoms with E-state index in [1.54, 1.807) is 0 Å². The molecule has 0 aliphatic carbocycles. The molecule has 0 spiro atoms. The molecule has 21 heavy (non-hydrogen) atoms. The first-order chi connectivity index (χ1) is 9.75. The van der Waals surface area contributed by atoms with Gasteiger partial charge in [0, 0.05) is 32.8 Å². The Morgan fingerprint density at radius 3 is 2.62 bits per heavy atom. The standard InChI is InChI=1S/C16H22N2O2.ClH/c1-18(14-6-8-20-9-7-14)16(19)15-10-12-4-2-3-5-13(12)11-17-15;/h2-5,14-15,17H,6-11H2,1H3;1H. The molecule has 0 radical (unpaired) electrons. The molecule has 1 aromatic rings. The van der Waals surface area contributed by atoms with E-state index in [9.17, 15) is 4.79 Å². The smallest absolute Gasteiger partial charge is 0.240 e. The highest BCUT2D eigenvalue weighted by Gasteiger charge is 2.30. The summed E-state index contributed by atoms with van der Waals surface area (Å²) in [5, 5.41) is 3.37. The normalized spacial score (nSPS) is 22.0. The van der Waals surface area contributed by atoms with Crippen molar-refractivity contribution in [3.8, 4) is 0 Å². The van der Waals surface area contributed by atoms with E-state index in [0.29, 0.717) is 6.04 Å². The Hall–Kier alpha value is -1.10. The van der Waals surface area contributed by atoms with E-state index < -0.39 is 0 Å². The number of rotatable bonds is 2. The Morgan fingerprint density at radius 2 is 1.90 bits per heavy atom. The molecule has 1 fully saturated rings. The summed E-state index contributed by atoms with van der Waals surface area (Å²) < 4.78 is 5.37. The number of carbonyl (C=O) groups is 1. The van der Waals surface area contributed by atoms with Crippen LogP contribution in [0.3, 0.4) is 0 Å². The molecule has 1 atom stereocenters. The maximum Gasteiger partial charge on any atom is 0.240 e. The zero-order valence-corrected chi connectivity index (χ0v) is 13.2. The van der Waals surface area contributed by atoms with Crippen LogP contribution in [0.15, 0.2) is 24.3 Å². The van der Waals surface area contributed by atoms with Crippen LogP contribution in [0, 0.1) is 0 Å². The first-order valence-electron chi connectivity index (χ1n) is 7.40. The van der Waals surface area contributed by atoms with Crippen molar-refractivity contribution in [2.24, 2.45) is 0 Å². The van der Waals surface area contributed by atoms with Gasteiger partial charge in [0.2, 0.25) is 5.91 Å². The first-order valence-corrected chi connectivity index (χ1v) is 7.40. The molecule has 0 saturated carbocycles. The third-order valence-corrected chi connectivity index (χ3v) is 4.47. The lowest BCUT2D eigenvalue weighted by Gasteiger charge is -2.35. The van der Waals surface area contributed by atoms with E-state index in [1.807, 2.05) is 18.0 Å². The summed E-state index contributed by atoms with van der Waals surface area (Å²) >= 11 is 0. The third kappa shape index (κ3) is 3.57. The van der Waals surface area contributed by atoms with Gasteiger partial charge in [0.05, 0.1) is 6.04 Å². The monoisotopic (exact) mass is 310 g/mol. The van der Waals surface area contributed by atoms with Gasteiger partial charge in [0.15, 0.2) is 0 Å². The fraction of sp³-hybridized carbons (Fsp3) is 0.562. The Bertz CT molecular complexity index is 489. The Labute approximate surface area is 132 Å². The average Bonchev–Trinajstić information content (AvgIpc) is 2.54. The first kappa shape index (κ1) is 16.3. The van der Waals surface area contributed by atoms with Crippen LogP contribution in [0.25, 0.3) is 0 Å². The lowest BCUT2D eigenvalue weighted by molar-refractivity contribution is -0.136. The van der Waals surface area contributed by atoms with Gasteiger partial charge < -0.3 is 15.0 Å². The molecule has 0 aromatic heterocycles. The summed E-state index contributed by atoms with van der Waals surface area (Å²) in [6.45, 7) is 2.32. The van der Waals surface area contributed by atoms with Gasteiger partial charge in [-0.2, -0.15) is 0 Å². The van der Waals surface area contributed by atoms with Gasteiger partial charge in [-0.1, -0.05) is 24.3 Å². The van der Waals surface area contributed by atoms with Crippen LogP contribution < -0.4 is 5.32 Å². The molecule has 4 nitrogen and oxygen atoms in total. The van der Waals surface area contributed by atoms with E-state index in [2.05, 4.69) is 23.5 Å². The SMILES string of the molecule is CN(C(=O)C1Cc2ccccc2CN1)C1CCOCC1.Cl. The number of likely N-dealkylation sites (N-methyl/N-ethyl adjacent to an activating group) is 1. The minimum absolute atomic E-state index is 0. The van der Waals surface area contributed by atoms with Gasteiger partial charge in [0.1, 0.15) is 0 Å². The summed E-state index contributed by atoms with van der Waals surface area (Å²) in [5.74, 6) is 0.214. The van der Waals surface area contributed by atoms with Crippen molar-refractivity contribution in [2.75, 3.05) is 20.3 Å². The van der Waals surface area contributed by atoms with Gasteiger partial charge in [-0.05, 0) is 30.4 Å². The summed E-state index contributed by atoms with van der Waals surface area (Å²) in [6, 6.07) is 8.61. The highest BCUT2D eigenvalue weighted by Crippen LogP contribution is 2.19. The van der Waals surface area contributed by atoms with Crippen molar-refractivity contribution >= 4 is 18.3 Å². The molecule has 1 N–H and O–H groups in total. The van der Waals surface area contributed by atoms with Crippen LogP contribution in [0.2, 0.25) is 0 Å². The zero-order valence-electron chi connectivity index (χ0n) is 12.4. The topological polar surface area (TPSA) is 41.6 Å². The Kier molecular flexibility index (Phi) is 5.62. The number of nitrogens with zero attached hydrogens (tertiary/aromatic N) is 1. The van der Waals surface area contributed by atoms with Crippen LogP contribution >= 0.6 is 12.4 Å². The van der Waals surface area contributed by atoms with Crippen molar-refractivity contribution in [3.63, 3.8) is 0 Å². The number of amides is 1. The van der Waals surface area contributed by atoms with Gasteiger partial charge >= 0.3 is 0 Å². The maximum absolute atomic E-state index is 12.6. The number of carbonyl (C=O) groups excluding carboxylic acids is 1. The fourth-order valence-electron chi connectivity index (χ4n) is 3.13. The molecular formula is C16H23ClN2O2. The van der Waals surface area contributed by atoms with E-state index in [1.165, 1.54) is 11.1 Å². The lowest BCUT2D eigenvalue weighted by Crippen LogP contribution is -2.52. The molecule has 1 amide bonds. The van der Waals surface area contributed by atoms with Crippen molar-refractivity contribution in [3.05, 3.63) is 35.4 Å². The molecule has 5 heteroatoms. The van der Waals surface area contributed by atoms with Gasteiger partial charge in [-0.25, -0.2) is 0 Å². The minimum atomic E-state index is -0.0854. The second-order valence-corrected chi connectivity index (χ2v) is 5.70. The third-order valence-electron chi connectivity index (χ3n) is 4.47. The average molecular weight is 311 g/mol. The molecular weight excluding hydrogens is 288 g/mol. The van der Waals surface area contributed by atoms with Crippen molar-refractivity contribution in [2.45, 2.75) is 37.9 Å². The van der Waals surface area contributed by atoms with Crippen LogP contribution in [0.1, 0.15) is 24.0 Å². The highest BCUT2D eigenvalue weighted by atomic mass is 35.5. The molecule has 1 saturated heterocycles. The van der Waals surface area contributed by atoms with E-state index in [0.717, 1.165) is 39.0 Å². The number of hydrogen-bond acceptors (Lipinski definition) is 3. The number of fused-ring (bicyclic) bond motifs is 1. The minimum Gasteiger partial charge on any atom is -0.381 e. The summed E-state index contributed by atoms with van der Waals surface area (Å²) in [5.41, 5.74) is 2.61. The van der Waals surface area contributed by atoms with Crippen LogP contribution in [-0.2, 0) is 22.5 Å². The predicted octanol–water partition coefficient (Wildman–Crippen LogP) is 1.76. The molecule has 2 aliphatic heterocycles. The van der Waals surface area contributed by atoms with E-state index >= 15 is 0 Å². The van der Waals surface area contributed by atoms with Crippen LogP contribution in [-0.4, -0.2) is 43.2 Å². The summed E-state index contributed by atoms with van der Waals surface area (Å²) in [4.78, 5) is 14.6. The zero-order chi connectivity index (χ0) is 13.9. The van der Waals surface area contributed by atoms with Crippen molar-refractivity contribution < 1.29 is 9.53 Å². The molecule has 2 aliphatic rings. The van der Waals surface area contributed by atoms with Gasteiger partial charge in [0.25, 0.3) is 0 Å². The van der Waals surface area contributed by atoms with Crippen molar-refractivity contribution in [1.29, 1.82) is 0 Å². The van der Waals surface area contributed by atoms with Gasteiger partial charge in [-0.15, -0.1) is 12.4 Å². The largest absolute Gasteiger partial charge is 0.381 e. The molecule has 1 aromatic carbocycles. The number of nitrogens with one attached hydrogen (secondary N) is 1. The molecule has 3 rings (SSSR count). The fourth-order valence-corrected chi connectivity index (χ4v) is 3.13. The Morgan fingerprint density at radius 1 is 1.24 bits per heavy atom. The van der Waals surface area contributed by atoms with E-state index in [-0.39, 0.29) is 24.4 Å². The molecule has 116 valence electrons. The molecule has 0 bridgehead atoms. The summed E-state index contributed by atoms with van der Waals surface area (Å²) in [6.07, 6.45) is 2.69. The molecule has 2 heterocycles.